The van der Waals surface area contributed by atoms with E-state index in [9.17, 15) is 9.59 Å². The highest BCUT2D eigenvalue weighted by Crippen LogP contribution is 2.23. The van der Waals surface area contributed by atoms with Gasteiger partial charge in [0.05, 0.1) is 5.75 Å². The predicted octanol–water partition coefficient (Wildman–Crippen LogP) is 3.82. The number of anilines is 1. The molecule has 3 rings (SSSR count). The van der Waals surface area contributed by atoms with Gasteiger partial charge in [0.2, 0.25) is 10.9 Å². The van der Waals surface area contributed by atoms with Gasteiger partial charge in [0.25, 0.3) is 5.91 Å². The zero-order chi connectivity index (χ0) is 19.9. The molecule has 0 aliphatic rings. The standard InChI is InChI=1S/C20H20N4O2S2/c1-13-3-7-15(8-4-13)11-21-17(25)12-27-20-24-23-19(28-20)18(26)22-16-9-5-14(2)6-10-16/h3-10H,11-12H2,1-2H3,(H,21,25)(H,22,26). The Bertz CT molecular complexity index is 953. The smallest absolute Gasteiger partial charge is 0.286 e. The number of thioether (sulfide) groups is 1. The van der Waals surface area contributed by atoms with Crippen molar-refractivity contribution in [2.75, 3.05) is 11.1 Å². The number of benzene rings is 2. The summed E-state index contributed by atoms with van der Waals surface area (Å²) in [4.78, 5) is 24.3. The molecule has 0 radical (unpaired) electrons. The van der Waals surface area contributed by atoms with E-state index in [-0.39, 0.29) is 22.6 Å². The number of carbonyl (C=O) groups is 2. The molecule has 2 N–H and O–H groups in total. The van der Waals surface area contributed by atoms with E-state index in [2.05, 4.69) is 20.8 Å². The van der Waals surface area contributed by atoms with Gasteiger partial charge in [-0.3, -0.25) is 9.59 Å². The lowest BCUT2D eigenvalue weighted by Crippen LogP contribution is -2.24. The van der Waals surface area contributed by atoms with Crippen LogP contribution in [0.4, 0.5) is 5.69 Å². The van der Waals surface area contributed by atoms with Gasteiger partial charge in [-0.05, 0) is 31.5 Å². The Labute approximate surface area is 171 Å². The van der Waals surface area contributed by atoms with E-state index in [4.69, 9.17) is 0 Å². The third-order valence-corrected chi connectivity index (χ3v) is 5.90. The maximum Gasteiger partial charge on any atom is 0.286 e. The van der Waals surface area contributed by atoms with Crippen LogP contribution in [0.15, 0.2) is 52.9 Å². The summed E-state index contributed by atoms with van der Waals surface area (Å²) < 4.78 is 0.583. The zero-order valence-electron chi connectivity index (χ0n) is 15.6. The van der Waals surface area contributed by atoms with Crippen LogP contribution in [-0.4, -0.2) is 27.8 Å². The summed E-state index contributed by atoms with van der Waals surface area (Å²) >= 11 is 2.44. The Morgan fingerprint density at radius 3 is 2.29 bits per heavy atom. The Hall–Kier alpha value is -2.71. The normalized spacial score (nSPS) is 10.5. The molecule has 3 aromatic rings. The number of hydrogen-bond donors (Lipinski definition) is 2. The number of aryl methyl sites for hydroxylation is 2. The molecule has 0 saturated heterocycles. The second kappa shape index (κ2) is 9.48. The molecule has 0 unspecified atom stereocenters. The molecule has 2 amide bonds. The van der Waals surface area contributed by atoms with Crippen molar-refractivity contribution in [1.29, 1.82) is 0 Å². The Morgan fingerprint density at radius 1 is 0.964 bits per heavy atom. The van der Waals surface area contributed by atoms with E-state index in [0.29, 0.717) is 16.6 Å². The van der Waals surface area contributed by atoms with Gasteiger partial charge in [0.15, 0.2) is 4.34 Å². The summed E-state index contributed by atoms with van der Waals surface area (Å²) in [6.07, 6.45) is 0. The average molecular weight is 413 g/mol. The van der Waals surface area contributed by atoms with Crippen LogP contribution in [0, 0.1) is 13.8 Å². The summed E-state index contributed by atoms with van der Waals surface area (Å²) in [5.74, 6) is -0.177. The number of hydrogen-bond acceptors (Lipinski definition) is 6. The lowest BCUT2D eigenvalue weighted by atomic mass is 10.1. The molecule has 0 bridgehead atoms. The highest BCUT2D eigenvalue weighted by molar-refractivity contribution is 8.01. The van der Waals surface area contributed by atoms with Crippen LogP contribution in [0.1, 0.15) is 26.5 Å². The first-order chi connectivity index (χ1) is 13.5. The fourth-order valence-electron chi connectivity index (χ4n) is 2.27. The Balaban J connectivity index is 1.45. The molecule has 144 valence electrons. The van der Waals surface area contributed by atoms with E-state index < -0.39 is 0 Å². The zero-order valence-corrected chi connectivity index (χ0v) is 17.2. The third kappa shape index (κ3) is 5.90. The molecule has 6 nitrogen and oxygen atoms in total. The van der Waals surface area contributed by atoms with Crippen molar-refractivity contribution in [2.24, 2.45) is 0 Å². The van der Waals surface area contributed by atoms with Gasteiger partial charge in [0, 0.05) is 12.2 Å². The van der Waals surface area contributed by atoms with Crippen LogP contribution in [-0.2, 0) is 11.3 Å². The molecule has 0 atom stereocenters. The molecule has 28 heavy (non-hydrogen) atoms. The molecule has 0 aliphatic heterocycles. The maximum absolute atomic E-state index is 12.2. The topological polar surface area (TPSA) is 84.0 Å². The first kappa shape index (κ1) is 20.0. The predicted molar refractivity (Wildman–Crippen MR) is 113 cm³/mol. The molecule has 0 aliphatic carbocycles. The van der Waals surface area contributed by atoms with Gasteiger partial charge in [0.1, 0.15) is 0 Å². The number of nitrogens with zero attached hydrogens (tertiary/aromatic N) is 2. The Kier molecular flexibility index (Phi) is 6.78. The fraction of sp³-hybridized carbons (Fsp3) is 0.200. The Morgan fingerprint density at radius 2 is 1.61 bits per heavy atom. The molecule has 1 aromatic heterocycles. The summed E-state index contributed by atoms with van der Waals surface area (Å²) in [6, 6.07) is 15.5. The first-order valence-corrected chi connectivity index (χ1v) is 10.5. The van der Waals surface area contributed by atoms with Crippen molar-refractivity contribution >= 4 is 40.6 Å². The molecule has 0 spiro atoms. The fourth-order valence-corrected chi connectivity index (χ4v) is 3.84. The van der Waals surface area contributed by atoms with Crippen molar-refractivity contribution in [3.8, 4) is 0 Å². The highest BCUT2D eigenvalue weighted by Gasteiger charge is 2.14. The van der Waals surface area contributed by atoms with Crippen molar-refractivity contribution in [3.63, 3.8) is 0 Å². The van der Waals surface area contributed by atoms with E-state index in [1.807, 2.05) is 62.4 Å². The van der Waals surface area contributed by atoms with E-state index in [1.54, 1.807) is 0 Å². The minimum Gasteiger partial charge on any atom is -0.351 e. The second-order valence-corrected chi connectivity index (χ2v) is 8.44. The maximum atomic E-state index is 12.2. The van der Waals surface area contributed by atoms with Gasteiger partial charge < -0.3 is 10.6 Å². The second-order valence-electron chi connectivity index (χ2n) is 6.24. The molecular formula is C20H20N4O2S2. The van der Waals surface area contributed by atoms with Gasteiger partial charge in [-0.1, -0.05) is 70.6 Å². The lowest BCUT2D eigenvalue weighted by molar-refractivity contribution is -0.118. The van der Waals surface area contributed by atoms with E-state index in [1.165, 1.54) is 28.7 Å². The largest absolute Gasteiger partial charge is 0.351 e. The van der Waals surface area contributed by atoms with Crippen LogP contribution in [0.5, 0.6) is 0 Å². The van der Waals surface area contributed by atoms with Crippen molar-refractivity contribution < 1.29 is 9.59 Å². The number of amides is 2. The summed E-state index contributed by atoms with van der Waals surface area (Å²) in [7, 11) is 0. The third-order valence-electron chi connectivity index (χ3n) is 3.85. The minimum absolute atomic E-state index is 0.0913. The van der Waals surface area contributed by atoms with Crippen molar-refractivity contribution in [3.05, 3.63) is 70.2 Å². The summed E-state index contributed by atoms with van der Waals surface area (Å²) in [5.41, 5.74) is 4.06. The number of rotatable bonds is 7. The van der Waals surface area contributed by atoms with Crippen LogP contribution in [0.2, 0.25) is 0 Å². The van der Waals surface area contributed by atoms with Crippen molar-refractivity contribution in [1.82, 2.24) is 15.5 Å². The van der Waals surface area contributed by atoms with Crippen molar-refractivity contribution in [2.45, 2.75) is 24.7 Å². The summed E-state index contributed by atoms with van der Waals surface area (Å²) in [6.45, 7) is 4.49. The van der Waals surface area contributed by atoms with Crippen LogP contribution in [0.3, 0.4) is 0 Å². The van der Waals surface area contributed by atoms with Gasteiger partial charge in [-0.25, -0.2) is 0 Å². The SMILES string of the molecule is Cc1ccc(CNC(=O)CSc2nnc(C(=O)Nc3ccc(C)cc3)s2)cc1. The number of nitrogens with one attached hydrogen (secondary N) is 2. The molecule has 0 fully saturated rings. The molecule has 8 heteroatoms. The monoisotopic (exact) mass is 412 g/mol. The lowest BCUT2D eigenvalue weighted by Gasteiger charge is -2.04. The number of carbonyl (C=O) groups excluding carboxylic acids is 2. The number of aromatic nitrogens is 2. The van der Waals surface area contributed by atoms with E-state index >= 15 is 0 Å². The molecule has 0 saturated carbocycles. The summed E-state index contributed by atoms with van der Waals surface area (Å²) in [5, 5.41) is 13.8. The quantitative estimate of drug-likeness (QED) is 0.577. The van der Waals surface area contributed by atoms with E-state index in [0.717, 1.165) is 11.1 Å². The molecule has 2 aromatic carbocycles. The molecule has 1 heterocycles. The highest BCUT2D eigenvalue weighted by atomic mass is 32.2. The van der Waals surface area contributed by atoms with Gasteiger partial charge in [-0.15, -0.1) is 10.2 Å². The van der Waals surface area contributed by atoms with Gasteiger partial charge in [-0.2, -0.15) is 0 Å². The molecular weight excluding hydrogens is 392 g/mol. The van der Waals surface area contributed by atoms with Crippen LogP contribution < -0.4 is 10.6 Å². The minimum atomic E-state index is -0.308. The van der Waals surface area contributed by atoms with Gasteiger partial charge >= 0.3 is 0 Å². The average Bonchev–Trinajstić information content (AvgIpc) is 3.17. The van der Waals surface area contributed by atoms with Crippen LogP contribution in [0.25, 0.3) is 0 Å². The first-order valence-electron chi connectivity index (χ1n) is 8.66. The van der Waals surface area contributed by atoms with Crippen LogP contribution >= 0.6 is 23.1 Å².